The van der Waals surface area contributed by atoms with Crippen LogP contribution >= 0.6 is 0 Å². The molecule has 0 spiro atoms. The van der Waals surface area contributed by atoms with E-state index < -0.39 is 6.10 Å². The van der Waals surface area contributed by atoms with Gasteiger partial charge in [0.05, 0.1) is 17.1 Å². The van der Waals surface area contributed by atoms with Crippen molar-refractivity contribution < 1.29 is 9.90 Å². The molecule has 0 saturated carbocycles. The zero-order valence-electron chi connectivity index (χ0n) is 12.5. The van der Waals surface area contributed by atoms with E-state index in [1.807, 2.05) is 13.8 Å². The number of rotatable bonds is 5. The third-order valence-electron chi connectivity index (χ3n) is 3.66. The minimum absolute atomic E-state index is 0.174. The first kappa shape index (κ1) is 15.3. The van der Waals surface area contributed by atoms with Crippen molar-refractivity contribution in [2.45, 2.75) is 26.4 Å². The van der Waals surface area contributed by atoms with Crippen molar-refractivity contribution >= 4 is 16.9 Å². The molecule has 3 N–H and O–H groups in total. The van der Waals surface area contributed by atoms with Crippen LogP contribution in [0.25, 0.3) is 11.0 Å². The molecule has 0 fully saturated rings. The van der Waals surface area contributed by atoms with Crippen LogP contribution in [0.4, 0.5) is 0 Å². The normalized spacial score (nSPS) is 12.8. The minimum Gasteiger partial charge on any atom is -0.393 e. The lowest BCUT2D eigenvalue weighted by Gasteiger charge is -2.14. The number of carbonyl (C=O) groups excluding carboxylic acids is 1. The summed E-state index contributed by atoms with van der Waals surface area (Å²) >= 11 is 0. The highest BCUT2D eigenvalue weighted by atomic mass is 16.3. The molecule has 0 radical (unpaired) electrons. The highest BCUT2D eigenvalue weighted by molar-refractivity contribution is 5.97. The monoisotopic (exact) mass is 291 g/mol. The zero-order valence-corrected chi connectivity index (χ0v) is 12.5. The fourth-order valence-electron chi connectivity index (χ4n) is 2.15. The van der Waals surface area contributed by atoms with Crippen molar-refractivity contribution in [3.8, 4) is 0 Å². The number of aliphatic hydroxyl groups is 1. The SMILES string of the molecule is CC(C)C(O)CCNC(=O)c1ccc2c(c1)[nH]c(=O)n2C. The molecule has 1 aromatic carbocycles. The Balaban J connectivity index is 2.04. The molecule has 0 bridgehead atoms. The third kappa shape index (κ3) is 3.33. The molecule has 1 heterocycles. The van der Waals surface area contributed by atoms with Crippen molar-refractivity contribution in [1.29, 1.82) is 0 Å². The van der Waals surface area contributed by atoms with Crippen LogP contribution < -0.4 is 11.0 Å². The maximum Gasteiger partial charge on any atom is 0.326 e. The first-order valence-electron chi connectivity index (χ1n) is 7.05. The summed E-state index contributed by atoms with van der Waals surface area (Å²) in [5.41, 5.74) is 1.68. The Morgan fingerprint density at radius 1 is 1.43 bits per heavy atom. The minimum atomic E-state index is -0.418. The predicted molar refractivity (Wildman–Crippen MR) is 81.3 cm³/mol. The first-order chi connectivity index (χ1) is 9.90. The Kier molecular flexibility index (Phi) is 4.47. The second kappa shape index (κ2) is 6.13. The number of benzene rings is 1. The zero-order chi connectivity index (χ0) is 15.6. The van der Waals surface area contributed by atoms with Crippen LogP contribution in [0.1, 0.15) is 30.6 Å². The number of nitrogens with one attached hydrogen (secondary N) is 2. The Labute approximate surface area is 122 Å². The average Bonchev–Trinajstić information content (AvgIpc) is 2.73. The van der Waals surface area contributed by atoms with E-state index in [1.54, 1.807) is 25.2 Å². The van der Waals surface area contributed by atoms with E-state index in [4.69, 9.17) is 0 Å². The van der Waals surface area contributed by atoms with Crippen molar-refractivity contribution in [2.75, 3.05) is 6.54 Å². The highest BCUT2D eigenvalue weighted by Gasteiger charge is 2.12. The van der Waals surface area contributed by atoms with Gasteiger partial charge in [-0.15, -0.1) is 0 Å². The van der Waals surface area contributed by atoms with Gasteiger partial charge in [-0.2, -0.15) is 0 Å². The molecule has 6 nitrogen and oxygen atoms in total. The molecule has 2 rings (SSSR count). The van der Waals surface area contributed by atoms with E-state index in [-0.39, 0.29) is 17.5 Å². The Hall–Kier alpha value is -2.08. The summed E-state index contributed by atoms with van der Waals surface area (Å²) in [7, 11) is 1.67. The third-order valence-corrected chi connectivity index (χ3v) is 3.66. The maximum absolute atomic E-state index is 12.0. The van der Waals surface area contributed by atoms with Crippen molar-refractivity contribution in [2.24, 2.45) is 13.0 Å². The van der Waals surface area contributed by atoms with Gasteiger partial charge >= 0.3 is 5.69 Å². The van der Waals surface area contributed by atoms with Gasteiger partial charge < -0.3 is 15.4 Å². The lowest BCUT2D eigenvalue weighted by molar-refractivity contribution is 0.0920. The molecule has 0 saturated heterocycles. The number of fused-ring (bicyclic) bond motifs is 1. The van der Waals surface area contributed by atoms with Gasteiger partial charge in [0, 0.05) is 19.2 Å². The van der Waals surface area contributed by atoms with Gasteiger partial charge in [0.15, 0.2) is 0 Å². The first-order valence-corrected chi connectivity index (χ1v) is 7.05. The molecular formula is C15H21N3O3. The Bertz CT molecular complexity index is 700. The maximum atomic E-state index is 12.0. The molecule has 21 heavy (non-hydrogen) atoms. The fraction of sp³-hybridized carbons (Fsp3) is 0.467. The van der Waals surface area contributed by atoms with Crippen LogP contribution in [0.5, 0.6) is 0 Å². The van der Waals surface area contributed by atoms with Gasteiger partial charge in [-0.25, -0.2) is 4.79 Å². The summed E-state index contributed by atoms with van der Waals surface area (Å²) in [6.07, 6.45) is 0.103. The quantitative estimate of drug-likeness (QED) is 0.768. The lowest BCUT2D eigenvalue weighted by Crippen LogP contribution is -2.28. The Morgan fingerprint density at radius 2 is 2.14 bits per heavy atom. The smallest absolute Gasteiger partial charge is 0.326 e. The number of aromatic nitrogens is 2. The Morgan fingerprint density at radius 3 is 2.81 bits per heavy atom. The topological polar surface area (TPSA) is 87.1 Å². The van der Waals surface area contributed by atoms with Gasteiger partial charge in [-0.05, 0) is 30.5 Å². The fourth-order valence-corrected chi connectivity index (χ4v) is 2.15. The van der Waals surface area contributed by atoms with E-state index in [1.165, 1.54) is 4.57 Å². The molecular weight excluding hydrogens is 270 g/mol. The number of aromatic amines is 1. The van der Waals surface area contributed by atoms with E-state index >= 15 is 0 Å². The van der Waals surface area contributed by atoms with Crippen LogP contribution in [0.15, 0.2) is 23.0 Å². The molecule has 114 valence electrons. The van der Waals surface area contributed by atoms with Gasteiger partial charge in [0.25, 0.3) is 5.91 Å². The van der Waals surface area contributed by atoms with Gasteiger partial charge in [0.2, 0.25) is 0 Å². The van der Waals surface area contributed by atoms with Gasteiger partial charge in [-0.1, -0.05) is 13.8 Å². The summed E-state index contributed by atoms with van der Waals surface area (Å²) in [4.78, 5) is 26.2. The van der Waals surface area contributed by atoms with Crippen LogP contribution in [0.2, 0.25) is 0 Å². The summed E-state index contributed by atoms with van der Waals surface area (Å²) in [6, 6.07) is 5.08. The number of carbonyl (C=O) groups is 1. The summed E-state index contributed by atoms with van der Waals surface area (Å²) < 4.78 is 1.50. The molecule has 1 amide bonds. The van der Waals surface area contributed by atoms with Crippen molar-refractivity contribution in [3.05, 3.63) is 34.2 Å². The number of aliphatic hydroxyl groups excluding tert-OH is 1. The number of amides is 1. The van der Waals surface area contributed by atoms with E-state index in [0.29, 0.717) is 24.0 Å². The second-order valence-corrected chi connectivity index (χ2v) is 5.58. The number of aryl methyl sites for hydroxylation is 1. The summed E-state index contributed by atoms with van der Waals surface area (Å²) in [6.45, 7) is 4.29. The molecule has 1 unspecified atom stereocenters. The van der Waals surface area contributed by atoms with E-state index in [0.717, 1.165) is 5.52 Å². The summed E-state index contributed by atoms with van der Waals surface area (Å²) in [5.74, 6) is -0.0368. The predicted octanol–water partition coefficient (Wildman–Crippen LogP) is 1.00. The van der Waals surface area contributed by atoms with Crippen LogP contribution in [-0.2, 0) is 7.05 Å². The number of hydrogen-bond acceptors (Lipinski definition) is 3. The van der Waals surface area contributed by atoms with Crippen LogP contribution in [-0.4, -0.2) is 33.2 Å². The van der Waals surface area contributed by atoms with E-state index in [9.17, 15) is 14.7 Å². The highest BCUT2D eigenvalue weighted by Crippen LogP contribution is 2.12. The number of hydrogen-bond donors (Lipinski definition) is 3. The molecule has 6 heteroatoms. The lowest BCUT2D eigenvalue weighted by atomic mass is 10.0. The molecule has 0 aliphatic carbocycles. The molecule has 2 aromatic rings. The second-order valence-electron chi connectivity index (χ2n) is 5.58. The van der Waals surface area contributed by atoms with Gasteiger partial charge in [0.1, 0.15) is 0 Å². The molecule has 1 aromatic heterocycles. The number of nitrogens with zero attached hydrogens (tertiary/aromatic N) is 1. The molecule has 0 aliphatic heterocycles. The van der Waals surface area contributed by atoms with Crippen molar-refractivity contribution in [1.82, 2.24) is 14.9 Å². The molecule has 1 atom stereocenters. The largest absolute Gasteiger partial charge is 0.393 e. The number of imidazole rings is 1. The summed E-state index contributed by atoms with van der Waals surface area (Å²) in [5, 5.41) is 12.5. The average molecular weight is 291 g/mol. The van der Waals surface area contributed by atoms with E-state index in [2.05, 4.69) is 10.3 Å². The standard InChI is InChI=1S/C15H21N3O3/c1-9(2)13(19)6-7-16-14(20)10-4-5-12-11(8-10)17-15(21)18(12)3/h4-5,8-9,13,19H,6-7H2,1-3H3,(H,16,20)(H,17,21). The molecule has 0 aliphatic rings. The van der Waals surface area contributed by atoms with Gasteiger partial charge in [-0.3, -0.25) is 9.36 Å². The van der Waals surface area contributed by atoms with Crippen molar-refractivity contribution in [3.63, 3.8) is 0 Å². The van der Waals surface area contributed by atoms with Crippen LogP contribution in [0, 0.1) is 5.92 Å². The number of H-pyrrole nitrogens is 1. The van der Waals surface area contributed by atoms with Crippen LogP contribution in [0.3, 0.4) is 0 Å².